The van der Waals surface area contributed by atoms with E-state index in [4.69, 9.17) is 19.3 Å². The number of methoxy groups -OCH3 is 1. The maximum Gasteiger partial charge on any atom is 0.354 e. The van der Waals surface area contributed by atoms with Crippen LogP contribution in [0.25, 0.3) is 11.1 Å². The Balaban J connectivity index is 1.50. The Morgan fingerprint density at radius 1 is 1.31 bits per heavy atom. The van der Waals surface area contributed by atoms with Crippen molar-refractivity contribution >= 4 is 21.6 Å². The van der Waals surface area contributed by atoms with Crippen molar-refractivity contribution < 1.29 is 23.2 Å². The number of aromatic nitrogens is 3. The van der Waals surface area contributed by atoms with Crippen LogP contribution in [0, 0.1) is 5.41 Å². The van der Waals surface area contributed by atoms with Crippen molar-refractivity contribution in [2.75, 3.05) is 25.6 Å². The number of amides is 2. The van der Waals surface area contributed by atoms with Crippen molar-refractivity contribution in [1.82, 2.24) is 14.8 Å². The molecule has 4 heterocycles. The number of hydrogen-bond acceptors (Lipinski definition) is 7. The molecule has 2 aromatic heterocycles. The number of fused-ring (bicyclic) bond motifs is 2. The number of ether oxygens (including phenoxy) is 3. The second-order valence-electron chi connectivity index (χ2n) is 9.16. The number of carbonyl (C=O) groups is 1. The minimum Gasteiger partial charge on any atom is -0.493 e. The minimum atomic E-state index is -3.62. The Hall–Kier alpha value is -3.64. The number of nitrogens with two attached hydrogens (primary N) is 1. The number of carbonyl (C=O) groups excluding carboxylic acids is 1. The summed E-state index contributed by atoms with van der Waals surface area (Å²) in [7, 11) is -2.09. The summed E-state index contributed by atoms with van der Waals surface area (Å²) in [5.74, 6) is 1.37. The highest BCUT2D eigenvalue weighted by Gasteiger charge is 2.32. The highest BCUT2D eigenvalue weighted by atomic mass is 32.2. The zero-order chi connectivity index (χ0) is 24.8. The van der Waals surface area contributed by atoms with Gasteiger partial charge in [-0.25, -0.2) is 23.8 Å². The normalized spacial score (nSPS) is 17.3. The second-order valence-corrected chi connectivity index (χ2v) is 10.9. The van der Waals surface area contributed by atoms with E-state index in [2.05, 4.69) is 19.8 Å². The highest BCUT2D eigenvalue weighted by Crippen LogP contribution is 2.40. The van der Waals surface area contributed by atoms with Crippen LogP contribution in [0.1, 0.15) is 19.4 Å². The van der Waals surface area contributed by atoms with Crippen molar-refractivity contribution in [3.8, 4) is 28.6 Å². The molecule has 0 spiro atoms. The van der Waals surface area contributed by atoms with Gasteiger partial charge in [0.2, 0.25) is 11.8 Å². The molecule has 0 radical (unpaired) electrons. The van der Waals surface area contributed by atoms with E-state index in [1.54, 1.807) is 23.0 Å². The van der Waals surface area contributed by atoms with Crippen LogP contribution in [-0.4, -0.2) is 45.3 Å². The van der Waals surface area contributed by atoms with Gasteiger partial charge in [0, 0.05) is 35.2 Å². The lowest BCUT2D eigenvalue weighted by Crippen LogP contribution is -2.33. The third kappa shape index (κ3) is 4.42. The molecule has 3 aromatic rings. The first-order valence-electron chi connectivity index (χ1n) is 11.0. The molecule has 2 aliphatic rings. The van der Waals surface area contributed by atoms with Gasteiger partial charge in [-0.15, -0.1) is 4.36 Å². The number of benzene rings is 1. The number of urea groups is 1. The fourth-order valence-electron chi connectivity index (χ4n) is 4.18. The van der Waals surface area contributed by atoms with Gasteiger partial charge in [0.05, 0.1) is 38.8 Å². The van der Waals surface area contributed by atoms with Crippen molar-refractivity contribution in [3.05, 3.63) is 42.2 Å². The van der Waals surface area contributed by atoms with Gasteiger partial charge in [-0.1, -0.05) is 13.8 Å². The molecule has 184 valence electrons. The summed E-state index contributed by atoms with van der Waals surface area (Å²) in [5, 5.41) is 13.1. The fraction of sp³-hybridized carbons (Fsp3) is 0.348. The highest BCUT2D eigenvalue weighted by molar-refractivity contribution is 7.91. The van der Waals surface area contributed by atoms with Crippen LogP contribution in [0.15, 0.2) is 45.9 Å². The molecule has 1 unspecified atom stereocenters. The first-order chi connectivity index (χ1) is 16.7. The van der Waals surface area contributed by atoms with E-state index in [1.165, 1.54) is 13.3 Å². The van der Waals surface area contributed by atoms with Crippen LogP contribution >= 0.6 is 0 Å². The smallest absolute Gasteiger partial charge is 0.354 e. The Kier molecular flexibility index (Phi) is 5.64. The molecule has 0 fully saturated rings. The summed E-state index contributed by atoms with van der Waals surface area (Å²) in [6.45, 7) is 5.53. The van der Waals surface area contributed by atoms with Gasteiger partial charge >= 0.3 is 6.03 Å². The van der Waals surface area contributed by atoms with Crippen LogP contribution in [0.4, 0.5) is 10.5 Å². The van der Waals surface area contributed by atoms with Gasteiger partial charge in [-0.3, -0.25) is 0 Å². The number of hydrogen-bond donors (Lipinski definition) is 2. The number of rotatable bonds is 4. The lowest BCUT2D eigenvalue weighted by Gasteiger charge is -2.30. The lowest BCUT2D eigenvalue weighted by molar-refractivity contribution is 0.0972. The van der Waals surface area contributed by atoms with E-state index in [9.17, 15) is 9.00 Å². The Morgan fingerprint density at radius 3 is 2.94 bits per heavy atom. The molecular weight excluding hydrogens is 472 g/mol. The molecule has 2 amide bonds. The van der Waals surface area contributed by atoms with Gasteiger partial charge in [-0.2, -0.15) is 5.10 Å². The zero-order valence-electron chi connectivity index (χ0n) is 19.6. The summed E-state index contributed by atoms with van der Waals surface area (Å²) in [6.07, 6.45) is 3.56. The monoisotopic (exact) mass is 498 g/mol. The summed E-state index contributed by atoms with van der Waals surface area (Å²) < 4.78 is 35.4. The van der Waals surface area contributed by atoms with E-state index >= 15 is 0 Å². The Morgan fingerprint density at radius 2 is 2.14 bits per heavy atom. The van der Waals surface area contributed by atoms with E-state index < -0.39 is 15.9 Å². The predicted molar refractivity (Wildman–Crippen MR) is 129 cm³/mol. The zero-order valence-corrected chi connectivity index (χ0v) is 20.4. The predicted octanol–water partition coefficient (Wildman–Crippen LogP) is 3.24. The summed E-state index contributed by atoms with van der Waals surface area (Å²) in [4.78, 5) is 17.2. The fourth-order valence-corrected chi connectivity index (χ4v) is 5.18. The van der Waals surface area contributed by atoms with Crippen LogP contribution in [0.3, 0.4) is 0 Å². The summed E-state index contributed by atoms with van der Waals surface area (Å²) in [5.41, 5.74) is 2.68. The topological polar surface area (TPSA) is 143 Å². The standard InChI is InChI=1S/C23H26N6O5S/c1-23(2)12-29-21(34-13-23)18(11-26-29)35(24,31)28-22(30)27-20-15(4-5-17-16(20)7-9-33-17)14-6-8-25-19(10-14)32-3/h4-6,8,10-11H,7,9,12-13H2,1-3H3,(H3,24,27,28,30,31). The Bertz CT molecular complexity index is 1440. The number of pyridine rings is 1. The number of nitrogens with zero attached hydrogens (tertiary/aromatic N) is 4. The second kappa shape index (κ2) is 8.54. The van der Waals surface area contributed by atoms with Crippen LogP contribution in [0.2, 0.25) is 0 Å². The molecule has 3 N–H and O–H groups in total. The van der Waals surface area contributed by atoms with Crippen molar-refractivity contribution in [2.24, 2.45) is 14.9 Å². The molecule has 1 atom stereocenters. The average Bonchev–Trinajstić information content (AvgIpc) is 3.45. The van der Waals surface area contributed by atoms with Crippen molar-refractivity contribution in [2.45, 2.75) is 31.7 Å². The van der Waals surface area contributed by atoms with Gasteiger partial charge in [0.1, 0.15) is 10.6 Å². The summed E-state index contributed by atoms with van der Waals surface area (Å²) in [6, 6.07) is 6.39. The molecule has 0 saturated carbocycles. The number of anilines is 1. The van der Waals surface area contributed by atoms with E-state index in [-0.39, 0.29) is 16.2 Å². The van der Waals surface area contributed by atoms with Crippen LogP contribution in [0.5, 0.6) is 17.5 Å². The van der Waals surface area contributed by atoms with Crippen molar-refractivity contribution in [1.29, 1.82) is 0 Å². The largest absolute Gasteiger partial charge is 0.493 e. The molecule has 0 bridgehead atoms. The van der Waals surface area contributed by atoms with E-state index in [0.29, 0.717) is 43.5 Å². The van der Waals surface area contributed by atoms with Crippen LogP contribution in [-0.2, 0) is 22.9 Å². The average molecular weight is 499 g/mol. The van der Waals surface area contributed by atoms with Crippen LogP contribution < -0.4 is 24.7 Å². The molecular formula is C23H26N6O5S. The van der Waals surface area contributed by atoms with Gasteiger partial charge < -0.3 is 19.5 Å². The minimum absolute atomic E-state index is 0.0869. The van der Waals surface area contributed by atoms with Crippen molar-refractivity contribution in [3.63, 3.8) is 0 Å². The molecule has 11 nitrogen and oxygen atoms in total. The summed E-state index contributed by atoms with van der Waals surface area (Å²) >= 11 is 0. The molecule has 5 rings (SSSR count). The molecule has 0 aliphatic carbocycles. The molecule has 0 saturated heterocycles. The maximum atomic E-state index is 13.3. The third-order valence-corrected chi connectivity index (χ3v) is 7.18. The first kappa shape index (κ1) is 23.1. The van der Waals surface area contributed by atoms with Gasteiger partial charge in [0.25, 0.3) is 0 Å². The number of nitrogens with one attached hydrogen (secondary N) is 1. The van der Waals surface area contributed by atoms with Gasteiger partial charge in [0.15, 0.2) is 9.92 Å². The third-order valence-electron chi connectivity index (χ3n) is 5.84. The molecule has 35 heavy (non-hydrogen) atoms. The first-order valence-corrected chi connectivity index (χ1v) is 12.6. The lowest BCUT2D eigenvalue weighted by atomic mass is 9.94. The molecule has 12 heteroatoms. The van der Waals surface area contributed by atoms with E-state index in [0.717, 1.165) is 16.7 Å². The maximum absolute atomic E-state index is 13.3. The molecule has 2 aliphatic heterocycles. The molecule has 1 aromatic carbocycles. The Labute approximate surface area is 202 Å². The quantitative estimate of drug-likeness (QED) is 0.562. The van der Waals surface area contributed by atoms with Gasteiger partial charge in [-0.05, 0) is 23.8 Å². The van der Waals surface area contributed by atoms with E-state index in [1.807, 2.05) is 26.0 Å². The SMILES string of the molecule is COc1cc(-c2ccc3c(c2NC(=O)N=S(N)(=O)c2cnn4c2OCC(C)(C)C4)CCO3)ccn1.